The van der Waals surface area contributed by atoms with Crippen molar-refractivity contribution in [1.82, 2.24) is 4.90 Å². The summed E-state index contributed by atoms with van der Waals surface area (Å²) in [5.41, 5.74) is 0.741. The van der Waals surface area contributed by atoms with Gasteiger partial charge in [-0.15, -0.1) is 0 Å². The fraction of sp³-hybridized carbons (Fsp3) is 0.176. The predicted molar refractivity (Wildman–Crippen MR) is 102 cm³/mol. The predicted octanol–water partition coefficient (Wildman–Crippen LogP) is 3.11. The van der Waals surface area contributed by atoms with Gasteiger partial charge in [-0.05, 0) is 42.5 Å². The molecule has 9 heteroatoms. The van der Waals surface area contributed by atoms with Crippen LogP contribution in [0.2, 0.25) is 10.0 Å². The highest BCUT2D eigenvalue weighted by molar-refractivity contribution is 7.90. The minimum atomic E-state index is -3.33. The summed E-state index contributed by atoms with van der Waals surface area (Å²) < 4.78 is 22.9. The highest BCUT2D eigenvalue weighted by Crippen LogP contribution is 2.25. The van der Waals surface area contributed by atoms with E-state index < -0.39 is 21.7 Å². The lowest BCUT2D eigenvalue weighted by Crippen LogP contribution is -2.34. The summed E-state index contributed by atoms with van der Waals surface area (Å²) in [5, 5.41) is 3.30. The first-order valence-electron chi connectivity index (χ1n) is 7.38. The van der Waals surface area contributed by atoms with Gasteiger partial charge in [0.1, 0.15) is 0 Å². The van der Waals surface area contributed by atoms with Crippen LogP contribution in [-0.4, -0.2) is 45.0 Å². The normalized spacial score (nSPS) is 11.1. The molecule has 0 aliphatic rings. The van der Waals surface area contributed by atoms with Crippen molar-refractivity contribution in [2.45, 2.75) is 4.90 Å². The number of anilines is 1. The van der Waals surface area contributed by atoms with E-state index in [4.69, 9.17) is 23.2 Å². The van der Waals surface area contributed by atoms with Gasteiger partial charge in [0.15, 0.2) is 9.84 Å². The molecule has 0 unspecified atom stereocenters. The summed E-state index contributed by atoms with van der Waals surface area (Å²) in [7, 11) is -1.86. The van der Waals surface area contributed by atoms with Crippen molar-refractivity contribution in [1.29, 1.82) is 0 Å². The van der Waals surface area contributed by atoms with Gasteiger partial charge in [-0.2, -0.15) is 0 Å². The Bertz CT molecular complexity index is 944. The van der Waals surface area contributed by atoms with Crippen LogP contribution in [0.15, 0.2) is 47.4 Å². The van der Waals surface area contributed by atoms with Gasteiger partial charge in [-0.25, -0.2) is 8.42 Å². The highest BCUT2D eigenvalue weighted by Gasteiger charge is 2.16. The van der Waals surface area contributed by atoms with Gasteiger partial charge in [0, 0.05) is 24.6 Å². The Morgan fingerprint density at radius 1 is 1.04 bits per heavy atom. The zero-order chi connectivity index (χ0) is 19.5. The molecule has 0 saturated carbocycles. The maximum atomic E-state index is 12.4. The molecule has 0 aliphatic heterocycles. The van der Waals surface area contributed by atoms with Gasteiger partial charge in [-0.3, -0.25) is 9.59 Å². The van der Waals surface area contributed by atoms with Crippen LogP contribution in [0.1, 0.15) is 10.4 Å². The molecule has 0 saturated heterocycles. The number of sulfone groups is 1. The molecule has 138 valence electrons. The second-order valence-corrected chi connectivity index (χ2v) is 8.46. The molecular formula is C17H16Cl2N2O4S. The Morgan fingerprint density at radius 3 is 2.19 bits per heavy atom. The Hall–Kier alpha value is -2.09. The highest BCUT2D eigenvalue weighted by atomic mass is 35.5. The molecule has 2 aromatic rings. The van der Waals surface area contributed by atoms with E-state index in [0.29, 0.717) is 15.7 Å². The van der Waals surface area contributed by atoms with Crippen molar-refractivity contribution < 1.29 is 18.0 Å². The van der Waals surface area contributed by atoms with Crippen LogP contribution >= 0.6 is 23.2 Å². The van der Waals surface area contributed by atoms with Crippen LogP contribution in [-0.2, 0) is 14.6 Å². The van der Waals surface area contributed by atoms with Crippen molar-refractivity contribution in [3.05, 3.63) is 58.1 Å². The number of benzene rings is 2. The maximum absolute atomic E-state index is 12.4. The molecule has 0 spiro atoms. The molecule has 0 heterocycles. The van der Waals surface area contributed by atoms with Gasteiger partial charge >= 0.3 is 0 Å². The molecule has 0 atom stereocenters. The number of likely N-dealkylation sites (N-methyl/N-ethyl adjacent to an activating group) is 1. The van der Waals surface area contributed by atoms with E-state index in [0.717, 1.165) is 6.26 Å². The summed E-state index contributed by atoms with van der Waals surface area (Å²) in [6.45, 7) is -0.188. The van der Waals surface area contributed by atoms with Crippen LogP contribution in [0.25, 0.3) is 0 Å². The van der Waals surface area contributed by atoms with E-state index in [1.165, 1.54) is 42.3 Å². The summed E-state index contributed by atoms with van der Waals surface area (Å²) in [4.78, 5) is 25.8. The fourth-order valence-corrected chi connectivity index (χ4v) is 3.06. The van der Waals surface area contributed by atoms with Gasteiger partial charge in [0.2, 0.25) is 5.91 Å². The Balaban J connectivity index is 2.01. The zero-order valence-electron chi connectivity index (χ0n) is 14.0. The lowest BCUT2D eigenvalue weighted by molar-refractivity contribution is -0.116. The molecule has 0 fully saturated rings. The van der Waals surface area contributed by atoms with E-state index in [1.807, 2.05) is 0 Å². The summed E-state index contributed by atoms with van der Waals surface area (Å²) in [5.74, 6) is -0.818. The summed E-state index contributed by atoms with van der Waals surface area (Å²) in [6.07, 6.45) is 1.09. The third-order valence-electron chi connectivity index (χ3n) is 3.46. The minimum Gasteiger partial charge on any atom is -0.332 e. The SMILES string of the molecule is CN(CC(=O)Nc1ccc(Cl)c(Cl)c1)C(=O)c1ccc(S(C)(=O)=O)cc1. The smallest absolute Gasteiger partial charge is 0.254 e. The Morgan fingerprint density at radius 2 is 1.65 bits per heavy atom. The van der Waals surface area contributed by atoms with Crippen molar-refractivity contribution in [2.75, 3.05) is 25.2 Å². The van der Waals surface area contributed by atoms with Crippen LogP contribution in [0.5, 0.6) is 0 Å². The van der Waals surface area contributed by atoms with Crippen molar-refractivity contribution in [3.63, 3.8) is 0 Å². The number of carbonyl (C=O) groups excluding carboxylic acids is 2. The van der Waals surface area contributed by atoms with E-state index >= 15 is 0 Å². The first kappa shape index (κ1) is 20.2. The quantitative estimate of drug-likeness (QED) is 0.814. The Kier molecular flexibility index (Phi) is 6.28. The van der Waals surface area contributed by atoms with Crippen LogP contribution in [0.4, 0.5) is 5.69 Å². The molecule has 0 aliphatic carbocycles. The molecule has 0 bridgehead atoms. The van der Waals surface area contributed by atoms with Gasteiger partial charge in [0.05, 0.1) is 21.5 Å². The first-order chi connectivity index (χ1) is 12.1. The molecule has 0 aromatic heterocycles. The minimum absolute atomic E-state index is 0.120. The molecule has 2 amide bonds. The number of hydrogen-bond donors (Lipinski definition) is 1. The third-order valence-corrected chi connectivity index (χ3v) is 5.33. The van der Waals surface area contributed by atoms with Crippen molar-refractivity contribution in [3.8, 4) is 0 Å². The van der Waals surface area contributed by atoms with Crippen molar-refractivity contribution >= 4 is 50.5 Å². The molecule has 0 radical (unpaired) electrons. The number of nitrogens with one attached hydrogen (secondary N) is 1. The van der Waals surface area contributed by atoms with Gasteiger partial charge < -0.3 is 10.2 Å². The van der Waals surface area contributed by atoms with Crippen LogP contribution < -0.4 is 5.32 Å². The second-order valence-electron chi connectivity index (χ2n) is 5.63. The Labute approximate surface area is 161 Å². The maximum Gasteiger partial charge on any atom is 0.254 e. The number of nitrogens with zero attached hydrogens (tertiary/aromatic N) is 1. The van der Waals surface area contributed by atoms with Crippen LogP contribution in [0.3, 0.4) is 0 Å². The monoisotopic (exact) mass is 414 g/mol. The lowest BCUT2D eigenvalue weighted by Gasteiger charge is -2.17. The largest absolute Gasteiger partial charge is 0.332 e. The lowest BCUT2D eigenvalue weighted by atomic mass is 10.2. The second kappa shape index (κ2) is 8.07. The number of halogens is 2. The number of rotatable bonds is 5. The van der Waals surface area contributed by atoms with Gasteiger partial charge in [0.25, 0.3) is 5.91 Å². The number of amides is 2. The molecule has 2 rings (SSSR count). The fourth-order valence-electron chi connectivity index (χ4n) is 2.13. The summed E-state index contributed by atoms with van der Waals surface area (Å²) >= 11 is 11.7. The topological polar surface area (TPSA) is 83.6 Å². The van der Waals surface area contributed by atoms with E-state index in [-0.39, 0.29) is 17.0 Å². The average molecular weight is 415 g/mol. The molecule has 6 nitrogen and oxygen atoms in total. The van der Waals surface area contributed by atoms with Gasteiger partial charge in [-0.1, -0.05) is 23.2 Å². The third kappa shape index (κ3) is 5.20. The van der Waals surface area contributed by atoms with E-state index in [2.05, 4.69) is 5.32 Å². The molecule has 1 N–H and O–H groups in total. The molecular weight excluding hydrogens is 399 g/mol. The van der Waals surface area contributed by atoms with Crippen LogP contribution in [0, 0.1) is 0 Å². The first-order valence-corrected chi connectivity index (χ1v) is 10.0. The number of carbonyl (C=O) groups is 2. The van der Waals surface area contributed by atoms with E-state index in [1.54, 1.807) is 12.1 Å². The van der Waals surface area contributed by atoms with Crippen molar-refractivity contribution in [2.24, 2.45) is 0 Å². The number of hydrogen-bond acceptors (Lipinski definition) is 4. The van der Waals surface area contributed by atoms with E-state index in [9.17, 15) is 18.0 Å². The molecule has 26 heavy (non-hydrogen) atoms. The summed E-state index contributed by atoms with van der Waals surface area (Å²) in [6, 6.07) is 10.2. The zero-order valence-corrected chi connectivity index (χ0v) is 16.3. The average Bonchev–Trinajstić information content (AvgIpc) is 2.56. The standard InChI is InChI=1S/C17H16Cl2N2O4S/c1-21(10-16(22)20-12-5-8-14(18)15(19)9-12)17(23)11-3-6-13(7-4-11)26(2,24)25/h3-9H,10H2,1-2H3,(H,20,22). The molecule has 2 aromatic carbocycles.